The van der Waals surface area contributed by atoms with Crippen LogP contribution in [0.4, 0.5) is 0 Å². The van der Waals surface area contributed by atoms with Gasteiger partial charge in [0.05, 0.1) is 17.2 Å². The Morgan fingerprint density at radius 1 is 0.792 bits per heavy atom. The molecule has 0 spiro atoms. The van der Waals surface area contributed by atoms with E-state index in [1.54, 1.807) is 0 Å². The van der Waals surface area contributed by atoms with E-state index >= 15 is 0 Å². The summed E-state index contributed by atoms with van der Waals surface area (Å²) in [5, 5.41) is 0. The molecule has 24 heavy (non-hydrogen) atoms. The van der Waals surface area contributed by atoms with Crippen molar-refractivity contribution in [2.45, 2.75) is 104 Å². The molecule has 0 aromatic heterocycles. The molecule has 0 atom stereocenters. The first-order valence-electron chi connectivity index (χ1n) is 10.5. The van der Waals surface area contributed by atoms with Crippen LogP contribution in [0.25, 0.3) is 0 Å². The van der Waals surface area contributed by atoms with Crippen LogP contribution < -0.4 is 0 Å². The molecule has 0 nitrogen and oxygen atoms in total. The van der Waals surface area contributed by atoms with Crippen molar-refractivity contribution in [1.82, 2.24) is 0 Å². The average Bonchev–Trinajstić information content (AvgIpc) is 2.61. The number of allylic oxidation sites excluding steroid dienone is 7. The van der Waals surface area contributed by atoms with E-state index in [0.717, 1.165) is 0 Å². The van der Waals surface area contributed by atoms with Gasteiger partial charge < -0.3 is 0 Å². The van der Waals surface area contributed by atoms with Gasteiger partial charge in [0.25, 0.3) is 0 Å². The van der Waals surface area contributed by atoms with Gasteiger partial charge in [-0.15, -0.1) is 0 Å². The molecule has 0 bridgehead atoms. The number of unbranched alkanes of at least 4 members (excludes halogenated alkanes) is 10. The molecule has 0 N–H and O–H groups in total. The van der Waals surface area contributed by atoms with Crippen molar-refractivity contribution in [2.75, 3.05) is 0 Å². The molecule has 0 aromatic carbocycles. The van der Waals surface area contributed by atoms with Gasteiger partial charge in [0.15, 0.2) is 0 Å². The minimum Gasteiger partial charge on any atom is -0.0961 e. The van der Waals surface area contributed by atoms with Crippen molar-refractivity contribution >= 4 is 0 Å². The fourth-order valence-corrected chi connectivity index (χ4v) is 3.33. The van der Waals surface area contributed by atoms with Gasteiger partial charge >= 0.3 is 0 Å². The lowest BCUT2D eigenvalue weighted by atomic mass is 9.92. The Balaban J connectivity index is 2.29. The minimum atomic E-state index is 1.17. The summed E-state index contributed by atoms with van der Waals surface area (Å²) in [6.45, 7) is 8.57. The zero-order chi connectivity index (χ0) is 17.5. The lowest BCUT2D eigenvalue weighted by Gasteiger charge is -2.05. The van der Waals surface area contributed by atoms with Gasteiger partial charge in [0, 0.05) is 18.9 Å². The molecular formula is C24H39+. The predicted molar refractivity (Wildman–Crippen MR) is 109 cm³/mol. The van der Waals surface area contributed by atoms with Crippen molar-refractivity contribution in [3.05, 3.63) is 47.6 Å². The summed E-state index contributed by atoms with van der Waals surface area (Å²) in [4.78, 5) is 0. The van der Waals surface area contributed by atoms with E-state index in [1.807, 2.05) is 6.08 Å². The maximum absolute atomic E-state index is 4.02. The van der Waals surface area contributed by atoms with E-state index in [4.69, 9.17) is 0 Å². The second-order valence-corrected chi connectivity index (χ2v) is 7.18. The molecule has 0 saturated carbocycles. The van der Waals surface area contributed by atoms with E-state index in [2.05, 4.69) is 38.7 Å². The van der Waals surface area contributed by atoms with Crippen LogP contribution in [0.2, 0.25) is 0 Å². The van der Waals surface area contributed by atoms with Gasteiger partial charge in [0.1, 0.15) is 11.6 Å². The van der Waals surface area contributed by atoms with E-state index in [-0.39, 0.29) is 0 Å². The zero-order valence-corrected chi connectivity index (χ0v) is 16.3. The third-order valence-corrected chi connectivity index (χ3v) is 4.95. The van der Waals surface area contributed by atoms with E-state index in [9.17, 15) is 0 Å². The lowest BCUT2D eigenvalue weighted by molar-refractivity contribution is 0.606. The standard InChI is InChI=1S/C24H39/c1-4-7-9-11-13-15-17-22-19-20-24(23(6-3)21-22)18-16-14-12-10-8-5-2/h6,20-21H,3-5,7-18H2,1-2H3/q+1. The summed E-state index contributed by atoms with van der Waals surface area (Å²) in [5.74, 6) is 0. The van der Waals surface area contributed by atoms with Crippen LogP contribution in [0, 0.1) is 6.08 Å². The molecule has 1 aliphatic carbocycles. The fourth-order valence-electron chi connectivity index (χ4n) is 3.33. The number of hydrogen-bond donors (Lipinski definition) is 0. The first-order valence-corrected chi connectivity index (χ1v) is 10.5. The summed E-state index contributed by atoms with van der Waals surface area (Å²) in [6, 6.07) is 0. The molecule has 1 aliphatic rings. The summed E-state index contributed by atoms with van der Waals surface area (Å²) in [5.41, 5.74) is 4.14. The third kappa shape index (κ3) is 9.24. The molecule has 1 rings (SSSR count). The van der Waals surface area contributed by atoms with Crippen LogP contribution in [0.1, 0.15) is 104 Å². The Bertz CT molecular complexity index is 419. The van der Waals surface area contributed by atoms with Gasteiger partial charge in [-0.05, 0) is 18.9 Å². The van der Waals surface area contributed by atoms with Crippen LogP contribution in [0.5, 0.6) is 0 Å². The third-order valence-electron chi connectivity index (χ3n) is 4.95. The highest BCUT2D eigenvalue weighted by Gasteiger charge is 2.15. The van der Waals surface area contributed by atoms with Crippen LogP contribution in [-0.2, 0) is 0 Å². The second-order valence-electron chi connectivity index (χ2n) is 7.18. The molecular weight excluding hydrogens is 288 g/mol. The monoisotopic (exact) mass is 327 g/mol. The molecule has 0 fully saturated rings. The van der Waals surface area contributed by atoms with E-state index < -0.39 is 0 Å². The molecule has 0 heteroatoms. The van der Waals surface area contributed by atoms with Crippen molar-refractivity contribution in [3.63, 3.8) is 0 Å². The Morgan fingerprint density at radius 2 is 1.33 bits per heavy atom. The molecule has 134 valence electrons. The Morgan fingerprint density at radius 3 is 1.92 bits per heavy atom. The molecule has 0 amide bonds. The quantitative estimate of drug-likeness (QED) is 0.210. The zero-order valence-electron chi connectivity index (χ0n) is 16.3. The van der Waals surface area contributed by atoms with Crippen molar-refractivity contribution in [2.24, 2.45) is 0 Å². The molecule has 0 aromatic rings. The van der Waals surface area contributed by atoms with Crippen molar-refractivity contribution in [3.8, 4) is 0 Å². The van der Waals surface area contributed by atoms with Crippen LogP contribution in [-0.4, -0.2) is 0 Å². The van der Waals surface area contributed by atoms with Gasteiger partial charge in [-0.25, -0.2) is 0 Å². The van der Waals surface area contributed by atoms with E-state index in [1.165, 1.54) is 107 Å². The summed E-state index contributed by atoms with van der Waals surface area (Å²) in [7, 11) is 0. The highest BCUT2D eigenvalue weighted by Crippen LogP contribution is 2.25. The first-order chi connectivity index (χ1) is 11.8. The van der Waals surface area contributed by atoms with Crippen molar-refractivity contribution in [1.29, 1.82) is 0 Å². The van der Waals surface area contributed by atoms with Gasteiger partial charge in [0.2, 0.25) is 0 Å². The summed E-state index contributed by atoms with van der Waals surface area (Å²) in [6.07, 6.45) is 28.8. The Kier molecular flexibility index (Phi) is 12.4. The molecule has 0 heterocycles. The average molecular weight is 328 g/mol. The topological polar surface area (TPSA) is 0 Å². The van der Waals surface area contributed by atoms with Crippen LogP contribution in [0.3, 0.4) is 0 Å². The highest BCUT2D eigenvalue weighted by molar-refractivity contribution is 5.47. The lowest BCUT2D eigenvalue weighted by Crippen LogP contribution is -1.94. The maximum atomic E-state index is 4.02. The van der Waals surface area contributed by atoms with E-state index in [0.29, 0.717) is 0 Å². The number of hydrogen-bond acceptors (Lipinski definition) is 0. The minimum absolute atomic E-state index is 1.17. The van der Waals surface area contributed by atoms with Crippen LogP contribution in [0.15, 0.2) is 41.5 Å². The predicted octanol–water partition coefficient (Wildman–Crippen LogP) is 8.27. The number of rotatable bonds is 15. The second kappa shape index (κ2) is 14.2. The summed E-state index contributed by atoms with van der Waals surface area (Å²) < 4.78 is 0. The Hall–Kier alpha value is -1.13. The van der Waals surface area contributed by atoms with Gasteiger partial charge in [-0.1, -0.05) is 84.6 Å². The molecule has 0 radical (unpaired) electrons. The van der Waals surface area contributed by atoms with Crippen LogP contribution >= 0.6 is 0 Å². The Labute approximate surface area is 151 Å². The molecule has 0 saturated heterocycles. The summed E-state index contributed by atoms with van der Waals surface area (Å²) >= 11 is 0. The SMILES string of the molecule is C=CC1=C(CCCCCCCC)C=[C+]C(CCCCCCCC)=C1. The van der Waals surface area contributed by atoms with Gasteiger partial charge in [-0.2, -0.15) is 0 Å². The fraction of sp³-hybridized carbons (Fsp3) is 0.667. The first kappa shape index (κ1) is 20.9. The normalized spacial score (nSPS) is 13.8. The molecule has 0 aliphatic heterocycles. The van der Waals surface area contributed by atoms with Crippen molar-refractivity contribution < 1.29 is 0 Å². The molecule has 0 unspecified atom stereocenters. The maximum Gasteiger partial charge on any atom is 0.116 e. The smallest absolute Gasteiger partial charge is 0.0961 e. The van der Waals surface area contributed by atoms with Gasteiger partial charge in [-0.3, -0.25) is 0 Å². The largest absolute Gasteiger partial charge is 0.116 e. The highest BCUT2D eigenvalue weighted by atomic mass is 14.1.